The number of rotatable bonds is 3. The van der Waals surface area contributed by atoms with Crippen molar-refractivity contribution in [3.05, 3.63) is 35.4 Å². The lowest BCUT2D eigenvalue weighted by atomic mass is 10.1. The topological polar surface area (TPSA) is 63.4 Å². The molecule has 5 heteroatoms. The molecule has 17 heavy (non-hydrogen) atoms. The van der Waals surface area contributed by atoms with E-state index in [1.807, 2.05) is 18.2 Å². The minimum atomic E-state index is -2.79. The van der Waals surface area contributed by atoms with Crippen molar-refractivity contribution < 1.29 is 8.42 Å². The van der Waals surface area contributed by atoms with Crippen LogP contribution >= 0.6 is 0 Å². The van der Waals surface area contributed by atoms with Gasteiger partial charge in [-0.15, -0.1) is 0 Å². The molecule has 2 N–H and O–H groups in total. The third-order valence-electron chi connectivity index (χ3n) is 3.17. The van der Waals surface area contributed by atoms with Gasteiger partial charge in [0.15, 0.2) is 9.84 Å². The van der Waals surface area contributed by atoms with Crippen molar-refractivity contribution in [2.75, 3.05) is 24.6 Å². The highest BCUT2D eigenvalue weighted by Crippen LogP contribution is 2.13. The minimum absolute atomic E-state index is 0.276. The van der Waals surface area contributed by atoms with Crippen molar-refractivity contribution in [2.45, 2.75) is 13.1 Å². The maximum Gasteiger partial charge on any atom is 0.152 e. The van der Waals surface area contributed by atoms with Gasteiger partial charge in [-0.3, -0.25) is 4.90 Å². The molecule has 2 rings (SSSR count). The summed E-state index contributed by atoms with van der Waals surface area (Å²) in [5.74, 6) is 0.551. The predicted molar refractivity (Wildman–Crippen MR) is 68.3 cm³/mol. The molecular formula is C12H18N2O2S. The van der Waals surface area contributed by atoms with Crippen LogP contribution in [0.15, 0.2) is 24.3 Å². The Morgan fingerprint density at radius 1 is 1.12 bits per heavy atom. The smallest absolute Gasteiger partial charge is 0.152 e. The molecule has 0 aliphatic carbocycles. The zero-order valence-corrected chi connectivity index (χ0v) is 10.6. The average Bonchev–Trinajstić information content (AvgIpc) is 2.32. The summed E-state index contributed by atoms with van der Waals surface area (Å²) in [6.45, 7) is 2.58. The van der Waals surface area contributed by atoms with E-state index < -0.39 is 9.84 Å². The number of sulfone groups is 1. The first-order valence-electron chi connectivity index (χ1n) is 5.80. The molecule has 1 heterocycles. The molecule has 1 fully saturated rings. The normalized spacial score (nSPS) is 20.3. The second kappa shape index (κ2) is 5.16. The Bertz CT molecular complexity index is 471. The van der Waals surface area contributed by atoms with E-state index >= 15 is 0 Å². The molecule has 0 aromatic heterocycles. The number of nitrogens with two attached hydrogens (primary N) is 1. The molecule has 0 spiro atoms. The number of nitrogens with zero attached hydrogens (tertiary/aromatic N) is 1. The lowest BCUT2D eigenvalue weighted by molar-refractivity contribution is 0.287. The van der Waals surface area contributed by atoms with Crippen molar-refractivity contribution in [3.63, 3.8) is 0 Å². The van der Waals surface area contributed by atoms with Crippen molar-refractivity contribution in [3.8, 4) is 0 Å². The lowest BCUT2D eigenvalue weighted by Gasteiger charge is -2.27. The molecular weight excluding hydrogens is 236 g/mol. The molecule has 0 radical (unpaired) electrons. The van der Waals surface area contributed by atoms with Gasteiger partial charge in [0.2, 0.25) is 0 Å². The van der Waals surface area contributed by atoms with Gasteiger partial charge in [-0.05, 0) is 11.1 Å². The molecule has 1 aromatic carbocycles. The molecule has 1 aromatic rings. The predicted octanol–water partition coefficient (Wildman–Crippen LogP) is 0.376. The molecule has 4 nitrogen and oxygen atoms in total. The molecule has 0 saturated carbocycles. The first-order chi connectivity index (χ1) is 8.11. The molecule has 0 atom stereocenters. The second-order valence-corrected chi connectivity index (χ2v) is 6.70. The van der Waals surface area contributed by atoms with Gasteiger partial charge in [0.1, 0.15) is 0 Å². The molecule has 0 amide bonds. The summed E-state index contributed by atoms with van der Waals surface area (Å²) in [5.41, 5.74) is 8.03. The van der Waals surface area contributed by atoms with Crippen molar-refractivity contribution >= 4 is 9.84 Å². The highest BCUT2D eigenvalue weighted by atomic mass is 32.2. The second-order valence-electron chi connectivity index (χ2n) is 4.40. The Morgan fingerprint density at radius 2 is 1.71 bits per heavy atom. The first kappa shape index (κ1) is 12.5. The van der Waals surface area contributed by atoms with E-state index in [1.165, 1.54) is 5.56 Å². The third-order valence-corrected chi connectivity index (χ3v) is 4.78. The summed E-state index contributed by atoms with van der Waals surface area (Å²) in [6, 6.07) is 8.06. The van der Waals surface area contributed by atoms with Gasteiger partial charge in [0.05, 0.1) is 11.5 Å². The van der Waals surface area contributed by atoms with Gasteiger partial charge in [0.25, 0.3) is 0 Å². The zero-order valence-electron chi connectivity index (χ0n) is 9.80. The Labute approximate surface area is 102 Å². The van der Waals surface area contributed by atoms with Crippen LogP contribution in [0, 0.1) is 0 Å². The average molecular weight is 254 g/mol. The van der Waals surface area contributed by atoms with Crippen LogP contribution < -0.4 is 5.73 Å². The maximum atomic E-state index is 11.3. The Morgan fingerprint density at radius 3 is 2.29 bits per heavy atom. The van der Waals surface area contributed by atoms with Crippen molar-refractivity contribution in [1.29, 1.82) is 0 Å². The van der Waals surface area contributed by atoms with Crippen LogP contribution in [0.25, 0.3) is 0 Å². The van der Waals surface area contributed by atoms with Crippen molar-refractivity contribution in [2.24, 2.45) is 5.73 Å². The monoisotopic (exact) mass is 254 g/mol. The summed E-state index contributed by atoms with van der Waals surface area (Å²) < 4.78 is 22.6. The van der Waals surface area contributed by atoms with Gasteiger partial charge in [-0.2, -0.15) is 0 Å². The van der Waals surface area contributed by atoms with Crippen LogP contribution in [-0.4, -0.2) is 37.9 Å². The summed E-state index contributed by atoms with van der Waals surface area (Å²) in [5, 5.41) is 0. The fourth-order valence-electron chi connectivity index (χ4n) is 2.06. The summed E-state index contributed by atoms with van der Waals surface area (Å²) in [4.78, 5) is 2.18. The van der Waals surface area contributed by atoms with Gasteiger partial charge in [-0.25, -0.2) is 8.42 Å². The fourth-order valence-corrected chi connectivity index (χ4v) is 3.34. The molecule has 94 valence electrons. The van der Waals surface area contributed by atoms with Crippen LogP contribution in [0.4, 0.5) is 0 Å². The summed E-state index contributed by atoms with van der Waals surface area (Å²) in [7, 11) is -2.79. The summed E-state index contributed by atoms with van der Waals surface area (Å²) in [6.07, 6.45) is 0. The van der Waals surface area contributed by atoms with E-state index in [2.05, 4.69) is 11.0 Å². The molecule has 1 aliphatic rings. The highest BCUT2D eigenvalue weighted by molar-refractivity contribution is 7.91. The van der Waals surface area contributed by atoms with Crippen LogP contribution in [0.5, 0.6) is 0 Å². The van der Waals surface area contributed by atoms with Gasteiger partial charge in [0, 0.05) is 26.2 Å². The Hall–Kier alpha value is -0.910. The van der Waals surface area contributed by atoms with Crippen LogP contribution in [0.2, 0.25) is 0 Å². The maximum absolute atomic E-state index is 11.3. The Kier molecular flexibility index (Phi) is 3.81. The van der Waals surface area contributed by atoms with Crippen molar-refractivity contribution in [1.82, 2.24) is 4.90 Å². The van der Waals surface area contributed by atoms with E-state index in [0.29, 0.717) is 19.6 Å². The van der Waals surface area contributed by atoms with E-state index in [0.717, 1.165) is 12.1 Å². The molecule has 1 saturated heterocycles. The SMILES string of the molecule is NCc1ccccc1CN1CCS(=O)(=O)CC1. The van der Waals surface area contributed by atoms with Crippen LogP contribution in [-0.2, 0) is 22.9 Å². The quantitative estimate of drug-likeness (QED) is 0.847. The van der Waals surface area contributed by atoms with Gasteiger partial charge >= 0.3 is 0 Å². The van der Waals surface area contributed by atoms with Crippen LogP contribution in [0.1, 0.15) is 11.1 Å². The van der Waals surface area contributed by atoms with Gasteiger partial charge in [-0.1, -0.05) is 24.3 Å². The molecule has 1 aliphatic heterocycles. The zero-order chi connectivity index (χ0) is 12.3. The lowest BCUT2D eigenvalue weighted by Crippen LogP contribution is -2.39. The largest absolute Gasteiger partial charge is 0.326 e. The van der Waals surface area contributed by atoms with E-state index in [4.69, 9.17) is 5.73 Å². The van der Waals surface area contributed by atoms with Crippen LogP contribution in [0.3, 0.4) is 0 Å². The molecule has 0 bridgehead atoms. The Balaban J connectivity index is 2.02. The number of hydrogen-bond donors (Lipinski definition) is 1. The first-order valence-corrected chi connectivity index (χ1v) is 7.62. The third kappa shape index (κ3) is 3.28. The van der Waals surface area contributed by atoms with E-state index in [1.54, 1.807) is 0 Å². The number of benzene rings is 1. The summed E-state index contributed by atoms with van der Waals surface area (Å²) >= 11 is 0. The number of hydrogen-bond acceptors (Lipinski definition) is 4. The highest BCUT2D eigenvalue weighted by Gasteiger charge is 2.21. The van der Waals surface area contributed by atoms with Gasteiger partial charge < -0.3 is 5.73 Å². The standard InChI is InChI=1S/C12H18N2O2S/c13-9-11-3-1-2-4-12(11)10-14-5-7-17(15,16)8-6-14/h1-4H,5-10,13H2. The van der Waals surface area contributed by atoms with E-state index in [-0.39, 0.29) is 11.5 Å². The molecule has 0 unspecified atom stereocenters. The minimum Gasteiger partial charge on any atom is -0.326 e. The fraction of sp³-hybridized carbons (Fsp3) is 0.500. The van der Waals surface area contributed by atoms with E-state index in [9.17, 15) is 8.42 Å².